The number of anilines is 2. The smallest absolute Gasteiger partial charge is 0.271 e. The topological polar surface area (TPSA) is 105 Å². The maximum Gasteiger partial charge on any atom is 0.271 e. The number of nitrogens with zero attached hydrogens (tertiary/aromatic N) is 4. The highest BCUT2D eigenvalue weighted by Crippen LogP contribution is 2.35. The number of hydrogen-bond acceptors (Lipinski definition) is 7. The van der Waals surface area contributed by atoms with Crippen molar-refractivity contribution in [3.63, 3.8) is 0 Å². The zero-order valence-corrected chi connectivity index (χ0v) is 17.9. The highest BCUT2D eigenvalue weighted by molar-refractivity contribution is 6.02. The molecule has 32 heavy (non-hydrogen) atoms. The number of ether oxygens (including phenoxy) is 2. The number of hydrogen-bond donors (Lipinski definition) is 0. The van der Waals surface area contributed by atoms with Gasteiger partial charge in [0.05, 0.1) is 29.4 Å². The molecule has 0 saturated heterocycles. The average molecular weight is 440 g/mol. The first-order chi connectivity index (χ1) is 15.4. The molecule has 1 atom stereocenters. The molecule has 2 aromatic rings. The molecule has 2 heterocycles. The Morgan fingerprint density at radius 3 is 2.75 bits per heavy atom. The number of nitro groups is 1. The Balaban J connectivity index is 1.46. The van der Waals surface area contributed by atoms with Gasteiger partial charge in [0.1, 0.15) is 24.1 Å². The summed E-state index contributed by atoms with van der Waals surface area (Å²) in [6.45, 7) is 3.38. The first-order valence-electron chi connectivity index (χ1n) is 10.3. The van der Waals surface area contributed by atoms with Gasteiger partial charge in [0.15, 0.2) is 6.61 Å². The van der Waals surface area contributed by atoms with Gasteiger partial charge in [0, 0.05) is 25.7 Å². The highest BCUT2D eigenvalue weighted by Gasteiger charge is 2.31. The van der Waals surface area contributed by atoms with E-state index < -0.39 is 10.8 Å². The summed E-state index contributed by atoms with van der Waals surface area (Å²) in [5.74, 6) is 0.371. The van der Waals surface area contributed by atoms with Crippen molar-refractivity contribution in [3.05, 3.63) is 52.6 Å². The zero-order chi connectivity index (χ0) is 22.8. The molecule has 168 valence electrons. The maximum atomic E-state index is 12.9. The molecular formula is C22H24N4O6. The summed E-state index contributed by atoms with van der Waals surface area (Å²) in [5.41, 5.74) is 1.07. The predicted molar refractivity (Wildman–Crippen MR) is 117 cm³/mol. The number of rotatable bonds is 6. The first-order valence-corrected chi connectivity index (χ1v) is 10.3. The molecule has 0 fully saturated rings. The number of fused-ring (bicyclic) bond motifs is 2. The summed E-state index contributed by atoms with van der Waals surface area (Å²) in [6, 6.07) is 11.8. The van der Waals surface area contributed by atoms with Crippen molar-refractivity contribution in [1.29, 1.82) is 0 Å². The summed E-state index contributed by atoms with van der Waals surface area (Å²) in [7, 11) is 1.65. The average Bonchev–Trinajstić information content (AvgIpc) is 2.79. The molecule has 2 aliphatic heterocycles. The number of non-ortho nitro benzene ring substituents is 1. The lowest BCUT2D eigenvalue weighted by Crippen LogP contribution is -2.50. The van der Waals surface area contributed by atoms with E-state index in [-0.39, 0.29) is 36.5 Å². The lowest BCUT2D eigenvalue weighted by Gasteiger charge is -2.37. The van der Waals surface area contributed by atoms with E-state index in [4.69, 9.17) is 9.47 Å². The van der Waals surface area contributed by atoms with Crippen LogP contribution in [-0.2, 0) is 9.59 Å². The monoisotopic (exact) mass is 440 g/mol. The van der Waals surface area contributed by atoms with Crippen molar-refractivity contribution in [2.45, 2.75) is 13.0 Å². The van der Waals surface area contributed by atoms with Crippen molar-refractivity contribution >= 4 is 28.9 Å². The van der Waals surface area contributed by atoms with Gasteiger partial charge in [-0.05, 0) is 25.1 Å². The quantitative estimate of drug-likeness (QED) is 0.500. The van der Waals surface area contributed by atoms with Gasteiger partial charge in [-0.15, -0.1) is 0 Å². The van der Waals surface area contributed by atoms with Gasteiger partial charge in [-0.25, -0.2) is 0 Å². The first kappa shape index (κ1) is 21.4. The normalized spacial score (nSPS) is 17.1. The Labute approximate surface area is 185 Å². The number of amides is 2. The minimum absolute atomic E-state index is 0.179. The number of nitro benzene ring substituents is 1. The summed E-state index contributed by atoms with van der Waals surface area (Å²) in [6.07, 6.45) is -0.229. The van der Waals surface area contributed by atoms with Crippen LogP contribution in [0, 0.1) is 10.1 Å². The van der Waals surface area contributed by atoms with Crippen LogP contribution in [0.4, 0.5) is 17.1 Å². The van der Waals surface area contributed by atoms with Crippen LogP contribution in [0.2, 0.25) is 0 Å². The Kier molecular flexibility index (Phi) is 5.85. The number of likely N-dealkylation sites (N-methyl/N-ethyl adjacent to an activating group) is 2. The van der Waals surface area contributed by atoms with Crippen LogP contribution in [0.15, 0.2) is 42.5 Å². The summed E-state index contributed by atoms with van der Waals surface area (Å²) in [5, 5.41) is 11.1. The fourth-order valence-electron chi connectivity index (χ4n) is 3.91. The Morgan fingerprint density at radius 2 is 2.00 bits per heavy atom. The lowest BCUT2D eigenvalue weighted by molar-refractivity contribution is -0.384. The van der Waals surface area contributed by atoms with E-state index in [1.165, 1.54) is 28.0 Å². The van der Waals surface area contributed by atoms with E-state index in [1.807, 2.05) is 24.3 Å². The molecule has 0 aliphatic carbocycles. The second-order valence-corrected chi connectivity index (χ2v) is 7.70. The molecule has 0 N–H and O–H groups in total. The van der Waals surface area contributed by atoms with Crippen molar-refractivity contribution in [2.75, 3.05) is 49.6 Å². The Hall–Kier alpha value is -3.82. The number of para-hydroxylation sites is 2. The second-order valence-electron chi connectivity index (χ2n) is 7.70. The van der Waals surface area contributed by atoms with Crippen molar-refractivity contribution in [1.82, 2.24) is 4.90 Å². The van der Waals surface area contributed by atoms with E-state index >= 15 is 0 Å². The van der Waals surface area contributed by atoms with E-state index in [0.717, 1.165) is 18.0 Å². The number of carbonyl (C=O) groups excluding carboxylic acids is 2. The van der Waals surface area contributed by atoms with Gasteiger partial charge < -0.3 is 19.3 Å². The number of carbonyl (C=O) groups is 2. The van der Waals surface area contributed by atoms with Crippen LogP contribution in [0.5, 0.6) is 11.5 Å². The Bertz CT molecular complexity index is 1060. The van der Waals surface area contributed by atoms with E-state index in [0.29, 0.717) is 18.8 Å². The van der Waals surface area contributed by atoms with Crippen LogP contribution < -0.4 is 19.3 Å². The van der Waals surface area contributed by atoms with Gasteiger partial charge in [-0.1, -0.05) is 12.1 Å². The molecule has 0 bridgehead atoms. The van der Waals surface area contributed by atoms with Crippen LogP contribution in [0.1, 0.15) is 6.92 Å². The minimum Gasteiger partial charge on any atom is -0.485 e. The minimum atomic E-state index is -0.552. The fraction of sp³-hybridized carbons (Fsp3) is 0.364. The van der Waals surface area contributed by atoms with Gasteiger partial charge in [-0.2, -0.15) is 0 Å². The van der Waals surface area contributed by atoms with Crippen LogP contribution in [0.25, 0.3) is 0 Å². The highest BCUT2D eigenvalue weighted by atomic mass is 16.6. The van der Waals surface area contributed by atoms with E-state index in [1.54, 1.807) is 7.05 Å². The van der Waals surface area contributed by atoms with E-state index in [2.05, 4.69) is 11.8 Å². The zero-order valence-electron chi connectivity index (χ0n) is 17.9. The SMILES string of the molecule is CCN1CC(CN(C)C(=O)CN2C(=O)COc3ccc([N+](=O)[O-])cc32)Oc2ccccc21. The molecule has 0 spiro atoms. The fourth-order valence-corrected chi connectivity index (χ4v) is 3.91. The number of benzene rings is 2. The molecule has 1 unspecified atom stereocenters. The molecule has 2 aromatic carbocycles. The van der Waals surface area contributed by atoms with Crippen LogP contribution in [-0.4, -0.2) is 67.6 Å². The standard InChI is InChI=1S/C22H24N4O6/c1-3-24-12-16(32-20-7-5-4-6-17(20)24)11-23(2)21(27)13-25-18-10-15(26(29)30)8-9-19(18)31-14-22(25)28/h4-10,16H,3,11-14H2,1-2H3. The van der Waals surface area contributed by atoms with Gasteiger partial charge >= 0.3 is 0 Å². The molecule has 10 nitrogen and oxygen atoms in total. The molecule has 0 aromatic heterocycles. The molecule has 2 amide bonds. The molecule has 0 radical (unpaired) electrons. The third-order valence-electron chi connectivity index (χ3n) is 5.60. The maximum absolute atomic E-state index is 12.9. The Morgan fingerprint density at radius 1 is 1.22 bits per heavy atom. The third kappa shape index (κ3) is 4.16. The van der Waals surface area contributed by atoms with Crippen molar-refractivity contribution in [3.8, 4) is 11.5 Å². The van der Waals surface area contributed by atoms with Crippen molar-refractivity contribution < 1.29 is 24.0 Å². The molecule has 0 saturated carbocycles. The molecule has 2 aliphatic rings. The summed E-state index contributed by atoms with van der Waals surface area (Å²) < 4.78 is 11.4. The van der Waals surface area contributed by atoms with Gasteiger partial charge in [0.25, 0.3) is 11.6 Å². The van der Waals surface area contributed by atoms with Crippen LogP contribution >= 0.6 is 0 Å². The summed E-state index contributed by atoms with van der Waals surface area (Å²) in [4.78, 5) is 40.9. The van der Waals surface area contributed by atoms with Crippen LogP contribution in [0.3, 0.4) is 0 Å². The largest absolute Gasteiger partial charge is 0.485 e. The van der Waals surface area contributed by atoms with Crippen molar-refractivity contribution in [2.24, 2.45) is 0 Å². The van der Waals surface area contributed by atoms with E-state index in [9.17, 15) is 19.7 Å². The third-order valence-corrected chi connectivity index (χ3v) is 5.60. The lowest BCUT2D eigenvalue weighted by atomic mass is 10.1. The molecule has 4 rings (SSSR count). The molecule has 10 heteroatoms. The second kappa shape index (κ2) is 8.74. The molecular weight excluding hydrogens is 416 g/mol. The predicted octanol–water partition coefficient (Wildman–Crippen LogP) is 2.07. The van der Waals surface area contributed by atoms with Gasteiger partial charge in [0.2, 0.25) is 5.91 Å². The van der Waals surface area contributed by atoms with Gasteiger partial charge in [-0.3, -0.25) is 24.6 Å². The summed E-state index contributed by atoms with van der Waals surface area (Å²) >= 11 is 0.